The molecule has 0 bridgehead atoms. The van der Waals surface area contributed by atoms with Gasteiger partial charge in [0.15, 0.2) is 0 Å². The molecule has 1 saturated heterocycles. The summed E-state index contributed by atoms with van der Waals surface area (Å²) in [5, 5.41) is 18.4. The van der Waals surface area contributed by atoms with Crippen LogP contribution in [-0.2, 0) is 12.8 Å². The van der Waals surface area contributed by atoms with Gasteiger partial charge in [-0.2, -0.15) is 4.98 Å². The standard InChI is InChI=1S/C36H48N4O4/c1-6-25-14-15-32-28(17-25)30(21-36(3,4)44-32)37-22-31(41)29(18-26-12-8-7-9-13-26)38-35(42)27-19-33(39-34(20-27)43-5)40-16-10-11-24(2)23-40/h7-9,12-15,17,19-20,24,29-31,37,41H,6,10-11,16,18,21-23H2,1-5H3,(H,38,42)/t24-,29+,30+,31+/m1/s1. The SMILES string of the molecule is CCc1ccc2c(c1)[C@@H](NC[C@H](O)[C@H](Cc1ccccc1)NC(=O)c1cc(OC)nc(N3CCC[C@@H](C)C3)c1)CC(C)(C)O2. The van der Waals surface area contributed by atoms with Gasteiger partial charge in [0.1, 0.15) is 17.2 Å². The molecule has 3 aromatic rings. The smallest absolute Gasteiger partial charge is 0.251 e. The van der Waals surface area contributed by atoms with Crippen LogP contribution < -0.4 is 25.0 Å². The summed E-state index contributed by atoms with van der Waals surface area (Å²) in [5.74, 6) is 2.33. The minimum absolute atomic E-state index is 0.0157. The van der Waals surface area contributed by atoms with Gasteiger partial charge in [0.05, 0.1) is 19.3 Å². The molecule has 2 aliphatic rings. The first-order chi connectivity index (χ1) is 21.1. The topological polar surface area (TPSA) is 96.0 Å². The largest absolute Gasteiger partial charge is 0.487 e. The summed E-state index contributed by atoms with van der Waals surface area (Å²) in [6.07, 6.45) is 3.64. The third kappa shape index (κ3) is 7.90. The second kappa shape index (κ2) is 14.0. The molecule has 0 unspecified atom stereocenters. The third-order valence-corrected chi connectivity index (χ3v) is 8.83. The lowest BCUT2D eigenvalue weighted by Crippen LogP contribution is -2.50. The number of hydrogen-bond donors (Lipinski definition) is 3. The first kappa shape index (κ1) is 31.8. The highest BCUT2D eigenvalue weighted by Crippen LogP contribution is 2.40. The van der Waals surface area contributed by atoms with Crippen LogP contribution in [0, 0.1) is 5.92 Å². The molecule has 2 aromatic carbocycles. The average Bonchev–Trinajstić information content (AvgIpc) is 3.02. The average molecular weight is 601 g/mol. The van der Waals surface area contributed by atoms with Crippen LogP contribution in [0.1, 0.15) is 80.0 Å². The van der Waals surface area contributed by atoms with Gasteiger partial charge in [-0.3, -0.25) is 4.79 Å². The summed E-state index contributed by atoms with van der Waals surface area (Å²) in [4.78, 5) is 20.7. The van der Waals surface area contributed by atoms with Crippen molar-refractivity contribution in [1.29, 1.82) is 0 Å². The molecule has 44 heavy (non-hydrogen) atoms. The van der Waals surface area contributed by atoms with Crippen LogP contribution in [0.25, 0.3) is 0 Å². The van der Waals surface area contributed by atoms with Gasteiger partial charge in [-0.1, -0.05) is 56.3 Å². The summed E-state index contributed by atoms with van der Waals surface area (Å²) >= 11 is 0. The predicted molar refractivity (Wildman–Crippen MR) is 175 cm³/mol. The van der Waals surface area contributed by atoms with Crippen LogP contribution in [0.15, 0.2) is 60.7 Å². The Hall–Kier alpha value is -3.62. The monoisotopic (exact) mass is 600 g/mol. The summed E-state index contributed by atoms with van der Waals surface area (Å²) in [5.41, 5.74) is 3.53. The number of aliphatic hydroxyl groups is 1. The molecule has 3 N–H and O–H groups in total. The molecule has 0 spiro atoms. The molecule has 0 aliphatic carbocycles. The lowest BCUT2D eigenvalue weighted by molar-refractivity contribution is 0.0582. The molecule has 3 heterocycles. The maximum Gasteiger partial charge on any atom is 0.251 e. The Morgan fingerprint density at radius 3 is 2.68 bits per heavy atom. The number of ether oxygens (including phenoxy) is 2. The van der Waals surface area contributed by atoms with Crippen LogP contribution in [0.3, 0.4) is 0 Å². The molecule has 4 atom stereocenters. The molecule has 0 radical (unpaired) electrons. The quantitative estimate of drug-likeness (QED) is 0.268. The molecule has 0 saturated carbocycles. The number of carbonyl (C=O) groups excluding carboxylic acids is 1. The Balaban J connectivity index is 1.35. The molecule has 8 nitrogen and oxygen atoms in total. The van der Waals surface area contributed by atoms with E-state index in [1.54, 1.807) is 13.2 Å². The van der Waals surface area contributed by atoms with Crippen molar-refractivity contribution >= 4 is 11.7 Å². The highest BCUT2D eigenvalue weighted by molar-refractivity contribution is 5.95. The molecule has 2 aliphatic heterocycles. The fourth-order valence-electron chi connectivity index (χ4n) is 6.40. The highest BCUT2D eigenvalue weighted by Gasteiger charge is 2.34. The van der Waals surface area contributed by atoms with Gasteiger partial charge >= 0.3 is 0 Å². The van der Waals surface area contributed by atoms with Crippen molar-refractivity contribution < 1.29 is 19.4 Å². The number of nitrogens with zero attached hydrogens (tertiary/aromatic N) is 2. The van der Waals surface area contributed by atoms with E-state index in [9.17, 15) is 9.90 Å². The molecule has 1 amide bonds. The number of benzene rings is 2. The third-order valence-electron chi connectivity index (χ3n) is 8.83. The van der Waals surface area contributed by atoms with Gasteiger partial charge in [0, 0.05) is 49.3 Å². The molecule has 8 heteroatoms. The van der Waals surface area contributed by atoms with Crippen molar-refractivity contribution in [1.82, 2.24) is 15.6 Å². The number of methoxy groups -OCH3 is 1. The van der Waals surface area contributed by atoms with Crippen molar-refractivity contribution in [3.8, 4) is 11.6 Å². The number of pyridine rings is 1. The van der Waals surface area contributed by atoms with E-state index in [4.69, 9.17) is 9.47 Å². The van der Waals surface area contributed by atoms with Crippen molar-refractivity contribution in [3.05, 3.63) is 82.9 Å². The van der Waals surface area contributed by atoms with Gasteiger partial charge in [-0.05, 0) is 68.7 Å². The number of anilines is 1. The zero-order valence-electron chi connectivity index (χ0n) is 26.8. The number of piperidine rings is 1. The summed E-state index contributed by atoms with van der Waals surface area (Å²) in [6, 6.07) is 19.3. The second-order valence-electron chi connectivity index (χ2n) is 13.0. The maximum absolute atomic E-state index is 13.8. The highest BCUT2D eigenvalue weighted by atomic mass is 16.5. The normalized spacial score (nSPS) is 20.6. The van der Waals surface area contributed by atoms with E-state index in [0.29, 0.717) is 30.3 Å². The van der Waals surface area contributed by atoms with Crippen molar-refractivity contribution in [3.63, 3.8) is 0 Å². The van der Waals surface area contributed by atoms with E-state index in [1.807, 2.05) is 36.4 Å². The number of nitrogens with one attached hydrogen (secondary N) is 2. The Labute approximate surface area is 262 Å². The Morgan fingerprint density at radius 1 is 1.16 bits per heavy atom. The summed E-state index contributed by atoms with van der Waals surface area (Å²) in [7, 11) is 1.57. The van der Waals surface area contributed by atoms with Crippen LogP contribution in [0.5, 0.6) is 11.6 Å². The molecular weight excluding hydrogens is 552 g/mol. The second-order valence-corrected chi connectivity index (χ2v) is 13.0. The first-order valence-corrected chi connectivity index (χ1v) is 16.0. The zero-order chi connectivity index (χ0) is 31.3. The lowest BCUT2D eigenvalue weighted by Gasteiger charge is -2.39. The van der Waals surface area contributed by atoms with Crippen LogP contribution >= 0.6 is 0 Å². The van der Waals surface area contributed by atoms with Gasteiger partial charge in [0.25, 0.3) is 5.91 Å². The molecule has 236 valence electrons. The predicted octanol–water partition coefficient (Wildman–Crippen LogP) is 5.48. The number of aliphatic hydroxyl groups excluding tert-OH is 1. The summed E-state index contributed by atoms with van der Waals surface area (Å²) < 4.78 is 11.8. The molecule has 5 rings (SSSR count). The van der Waals surface area contributed by atoms with E-state index in [0.717, 1.165) is 55.0 Å². The van der Waals surface area contributed by atoms with E-state index in [1.165, 1.54) is 12.0 Å². The molecule has 1 fully saturated rings. The number of aromatic nitrogens is 1. The number of hydrogen-bond acceptors (Lipinski definition) is 7. The Kier molecular flexibility index (Phi) is 10.1. The van der Waals surface area contributed by atoms with Gasteiger partial charge < -0.3 is 30.1 Å². The van der Waals surface area contributed by atoms with Crippen LogP contribution in [-0.4, -0.2) is 60.5 Å². The fraction of sp³-hybridized carbons (Fsp3) is 0.500. The maximum atomic E-state index is 13.8. The molecular formula is C36H48N4O4. The summed E-state index contributed by atoms with van der Waals surface area (Å²) in [6.45, 7) is 10.7. The minimum Gasteiger partial charge on any atom is -0.487 e. The van der Waals surface area contributed by atoms with E-state index < -0.39 is 12.1 Å². The first-order valence-electron chi connectivity index (χ1n) is 16.0. The Bertz CT molecular complexity index is 1410. The van der Waals surface area contributed by atoms with Gasteiger partial charge in [-0.15, -0.1) is 0 Å². The van der Waals surface area contributed by atoms with Crippen molar-refractivity contribution in [2.24, 2.45) is 5.92 Å². The zero-order valence-corrected chi connectivity index (χ0v) is 26.8. The Morgan fingerprint density at radius 2 is 1.95 bits per heavy atom. The molecule has 1 aromatic heterocycles. The van der Waals surface area contributed by atoms with E-state index in [2.05, 4.69) is 66.4 Å². The van der Waals surface area contributed by atoms with Gasteiger partial charge in [0.2, 0.25) is 5.88 Å². The number of rotatable bonds is 11. The van der Waals surface area contributed by atoms with E-state index >= 15 is 0 Å². The van der Waals surface area contributed by atoms with Crippen LogP contribution in [0.2, 0.25) is 0 Å². The van der Waals surface area contributed by atoms with Crippen LogP contribution in [0.4, 0.5) is 5.82 Å². The van der Waals surface area contributed by atoms with Crippen molar-refractivity contribution in [2.45, 2.75) is 83.6 Å². The van der Waals surface area contributed by atoms with E-state index in [-0.39, 0.29) is 17.6 Å². The number of amides is 1. The minimum atomic E-state index is -0.839. The fourth-order valence-corrected chi connectivity index (χ4v) is 6.40. The number of fused-ring (bicyclic) bond motifs is 1. The van der Waals surface area contributed by atoms with Gasteiger partial charge in [-0.25, -0.2) is 0 Å². The van der Waals surface area contributed by atoms with Crippen molar-refractivity contribution in [2.75, 3.05) is 31.6 Å². The lowest BCUT2D eigenvalue weighted by atomic mass is 9.88. The number of carbonyl (C=O) groups is 1. The number of aryl methyl sites for hydroxylation is 1.